The molecule has 0 aliphatic carbocycles. The molecule has 0 rings (SSSR count). The summed E-state index contributed by atoms with van der Waals surface area (Å²) in [6, 6.07) is 0. The number of ether oxygens (including phenoxy) is 3. The van der Waals surface area contributed by atoms with Crippen LogP contribution < -0.4 is 0 Å². The van der Waals surface area contributed by atoms with Crippen LogP contribution in [0.15, 0.2) is 0 Å². The van der Waals surface area contributed by atoms with Gasteiger partial charge in [0.1, 0.15) is 6.61 Å². The lowest BCUT2D eigenvalue weighted by Crippen LogP contribution is -2.24. The Balaban J connectivity index is 3.42. The Hall–Kier alpha value is -0.820. The summed E-state index contributed by atoms with van der Waals surface area (Å²) in [5.74, 6) is -0.525. The molecule has 4 nitrogen and oxygen atoms in total. The van der Waals surface area contributed by atoms with E-state index in [1.165, 1.54) is 0 Å². The first-order chi connectivity index (χ1) is 7.87. The van der Waals surface area contributed by atoms with Crippen LogP contribution in [0.4, 0.5) is 13.2 Å². The highest BCUT2D eigenvalue weighted by Gasteiger charge is 2.27. The summed E-state index contributed by atoms with van der Waals surface area (Å²) >= 11 is 0. The molecule has 102 valence electrons. The van der Waals surface area contributed by atoms with Crippen LogP contribution in [0.5, 0.6) is 0 Å². The molecule has 0 N–H and O–H groups in total. The average Bonchev–Trinajstić information content (AvgIpc) is 2.21. The van der Waals surface area contributed by atoms with Gasteiger partial charge in [-0.15, -0.1) is 0 Å². The van der Waals surface area contributed by atoms with E-state index in [9.17, 15) is 18.0 Å². The summed E-state index contributed by atoms with van der Waals surface area (Å²) in [6.07, 6.45) is -4.75. The fourth-order valence-electron chi connectivity index (χ4n) is 0.957. The van der Waals surface area contributed by atoms with Crippen LogP contribution in [-0.2, 0) is 19.0 Å². The van der Waals surface area contributed by atoms with E-state index in [4.69, 9.17) is 9.47 Å². The van der Waals surface area contributed by atoms with Crippen molar-refractivity contribution in [2.75, 3.05) is 26.4 Å². The number of hydrogen-bond donors (Lipinski definition) is 0. The number of esters is 1. The molecule has 0 fully saturated rings. The molecule has 0 aliphatic rings. The Morgan fingerprint density at radius 3 is 2.47 bits per heavy atom. The van der Waals surface area contributed by atoms with Crippen molar-refractivity contribution < 1.29 is 32.2 Å². The molecular weight excluding hydrogens is 241 g/mol. The highest BCUT2D eigenvalue weighted by molar-refractivity contribution is 5.74. The summed E-state index contributed by atoms with van der Waals surface area (Å²) in [7, 11) is 0. The molecule has 0 bridgehead atoms. The predicted octanol–water partition coefficient (Wildman–Crippen LogP) is 1.92. The number of carbonyl (C=O) groups excluding carboxylic acids is 1. The highest BCUT2D eigenvalue weighted by atomic mass is 19.4. The van der Waals surface area contributed by atoms with Gasteiger partial charge in [0, 0.05) is 13.0 Å². The Labute approximate surface area is 98.0 Å². The van der Waals surface area contributed by atoms with Crippen LogP contribution in [0, 0.1) is 0 Å². The minimum atomic E-state index is -4.32. The quantitative estimate of drug-likeness (QED) is 0.493. The first kappa shape index (κ1) is 16.2. The maximum Gasteiger partial charge on any atom is 0.411 e. The lowest BCUT2D eigenvalue weighted by atomic mass is 10.4. The first-order valence-electron chi connectivity index (χ1n) is 5.29. The Kier molecular flexibility index (Phi) is 7.90. The standard InChI is InChI=1S/C10H17F3O4/c1-3-16-8(2)9(14)17-6-4-5-15-7-10(11,12)13/h8H,3-7H2,1-2H3. The number of carbonyl (C=O) groups is 1. The Bertz CT molecular complexity index is 218. The van der Waals surface area contributed by atoms with E-state index in [0.717, 1.165) is 0 Å². The Morgan fingerprint density at radius 1 is 1.29 bits per heavy atom. The van der Waals surface area contributed by atoms with E-state index in [-0.39, 0.29) is 19.6 Å². The molecule has 0 saturated heterocycles. The van der Waals surface area contributed by atoms with Crippen LogP contribution in [0.2, 0.25) is 0 Å². The maximum absolute atomic E-state index is 11.7. The molecule has 17 heavy (non-hydrogen) atoms. The molecule has 1 atom stereocenters. The topological polar surface area (TPSA) is 44.8 Å². The molecule has 0 aliphatic heterocycles. The third-order valence-electron chi connectivity index (χ3n) is 1.69. The molecule has 0 radical (unpaired) electrons. The van der Waals surface area contributed by atoms with Gasteiger partial charge in [0.2, 0.25) is 0 Å². The molecule has 1 unspecified atom stereocenters. The lowest BCUT2D eigenvalue weighted by Gasteiger charge is -2.11. The van der Waals surface area contributed by atoms with Gasteiger partial charge in [-0.2, -0.15) is 13.2 Å². The summed E-state index contributed by atoms with van der Waals surface area (Å²) in [5.41, 5.74) is 0. The zero-order valence-electron chi connectivity index (χ0n) is 9.88. The zero-order valence-corrected chi connectivity index (χ0v) is 9.88. The van der Waals surface area contributed by atoms with Gasteiger partial charge in [0.05, 0.1) is 13.2 Å². The van der Waals surface area contributed by atoms with E-state index < -0.39 is 24.9 Å². The monoisotopic (exact) mass is 258 g/mol. The highest BCUT2D eigenvalue weighted by Crippen LogP contribution is 2.14. The molecule has 0 aromatic rings. The van der Waals surface area contributed by atoms with E-state index in [1.54, 1.807) is 13.8 Å². The van der Waals surface area contributed by atoms with Gasteiger partial charge in [0.15, 0.2) is 6.10 Å². The molecule has 7 heteroatoms. The lowest BCUT2D eigenvalue weighted by molar-refractivity contribution is -0.175. The van der Waals surface area contributed by atoms with Gasteiger partial charge in [-0.3, -0.25) is 0 Å². The van der Waals surface area contributed by atoms with Crippen molar-refractivity contribution in [2.45, 2.75) is 32.5 Å². The summed E-state index contributed by atoms with van der Waals surface area (Å²) in [5, 5.41) is 0. The van der Waals surface area contributed by atoms with Gasteiger partial charge in [-0.1, -0.05) is 0 Å². The molecule has 0 aromatic heterocycles. The average molecular weight is 258 g/mol. The molecule has 0 spiro atoms. The molecule has 0 heterocycles. The fourth-order valence-corrected chi connectivity index (χ4v) is 0.957. The molecule has 0 amide bonds. The van der Waals surface area contributed by atoms with Crippen molar-refractivity contribution in [3.05, 3.63) is 0 Å². The van der Waals surface area contributed by atoms with Crippen molar-refractivity contribution in [3.63, 3.8) is 0 Å². The van der Waals surface area contributed by atoms with E-state index in [1.807, 2.05) is 0 Å². The number of hydrogen-bond acceptors (Lipinski definition) is 4. The van der Waals surface area contributed by atoms with Gasteiger partial charge >= 0.3 is 12.1 Å². The van der Waals surface area contributed by atoms with E-state index >= 15 is 0 Å². The van der Waals surface area contributed by atoms with Crippen LogP contribution in [0.25, 0.3) is 0 Å². The van der Waals surface area contributed by atoms with Crippen molar-refractivity contribution in [3.8, 4) is 0 Å². The summed E-state index contributed by atoms with van der Waals surface area (Å²) < 4.78 is 49.0. The smallest absolute Gasteiger partial charge is 0.411 e. The van der Waals surface area contributed by atoms with Crippen molar-refractivity contribution >= 4 is 5.97 Å². The maximum atomic E-state index is 11.7. The third kappa shape index (κ3) is 10.1. The third-order valence-corrected chi connectivity index (χ3v) is 1.69. The fraction of sp³-hybridized carbons (Fsp3) is 0.900. The van der Waals surface area contributed by atoms with Crippen LogP contribution in [0.1, 0.15) is 20.3 Å². The minimum absolute atomic E-state index is 0.0219. The van der Waals surface area contributed by atoms with Crippen LogP contribution >= 0.6 is 0 Å². The second-order valence-electron chi connectivity index (χ2n) is 3.29. The minimum Gasteiger partial charge on any atom is -0.464 e. The SMILES string of the molecule is CCOC(C)C(=O)OCCCOCC(F)(F)F. The van der Waals surface area contributed by atoms with Crippen molar-refractivity contribution in [2.24, 2.45) is 0 Å². The largest absolute Gasteiger partial charge is 0.464 e. The zero-order chi connectivity index (χ0) is 13.3. The van der Waals surface area contributed by atoms with E-state index in [2.05, 4.69) is 4.74 Å². The molecule has 0 saturated carbocycles. The summed E-state index contributed by atoms with van der Waals surface area (Å²) in [4.78, 5) is 11.2. The second kappa shape index (κ2) is 8.30. The normalized spacial score (nSPS) is 13.5. The molecular formula is C10H17F3O4. The van der Waals surface area contributed by atoms with Gasteiger partial charge in [0.25, 0.3) is 0 Å². The summed E-state index contributed by atoms with van der Waals surface area (Å²) in [6.45, 7) is 2.33. The molecule has 0 aromatic carbocycles. The van der Waals surface area contributed by atoms with Gasteiger partial charge in [-0.05, 0) is 13.8 Å². The van der Waals surface area contributed by atoms with Crippen LogP contribution in [0.3, 0.4) is 0 Å². The van der Waals surface area contributed by atoms with Gasteiger partial charge < -0.3 is 14.2 Å². The Morgan fingerprint density at radius 2 is 1.94 bits per heavy atom. The van der Waals surface area contributed by atoms with Crippen molar-refractivity contribution in [1.29, 1.82) is 0 Å². The number of alkyl halides is 3. The second-order valence-corrected chi connectivity index (χ2v) is 3.29. The predicted molar refractivity (Wildman–Crippen MR) is 53.5 cm³/mol. The number of halogens is 3. The van der Waals surface area contributed by atoms with Crippen LogP contribution in [-0.4, -0.2) is 44.7 Å². The van der Waals surface area contributed by atoms with E-state index in [0.29, 0.717) is 6.61 Å². The van der Waals surface area contributed by atoms with Gasteiger partial charge in [-0.25, -0.2) is 4.79 Å². The first-order valence-corrected chi connectivity index (χ1v) is 5.29. The van der Waals surface area contributed by atoms with Crippen molar-refractivity contribution in [1.82, 2.24) is 0 Å². The number of rotatable bonds is 8.